The minimum absolute atomic E-state index is 0.0951. The summed E-state index contributed by atoms with van der Waals surface area (Å²) in [5.74, 6) is 0.950. The Morgan fingerprint density at radius 1 is 1.09 bits per heavy atom. The zero-order valence-corrected chi connectivity index (χ0v) is 14.1. The van der Waals surface area contributed by atoms with Crippen molar-refractivity contribution < 1.29 is 9.59 Å². The zero-order chi connectivity index (χ0) is 16.1. The summed E-state index contributed by atoms with van der Waals surface area (Å²) in [5, 5.41) is 0. The Bertz CT molecular complexity index is 387. The normalized spacial score (nSPS) is 26.2. The Morgan fingerprint density at radius 3 is 2.23 bits per heavy atom. The second-order valence-corrected chi connectivity index (χ2v) is 6.72. The fourth-order valence-electron chi connectivity index (χ4n) is 3.84. The summed E-state index contributed by atoms with van der Waals surface area (Å²) in [5.41, 5.74) is 6.06. The molecule has 22 heavy (non-hydrogen) atoms. The number of likely N-dealkylation sites (tertiary alicyclic amines) is 1. The Morgan fingerprint density at radius 2 is 1.73 bits per heavy atom. The van der Waals surface area contributed by atoms with Crippen LogP contribution in [0.4, 0.5) is 0 Å². The molecule has 2 N–H and O–H groups in total. The predicted molar refractivity (Wildman–Crippen MR) is 87.2 cm³/mol. The fourth-order valence-corrected chi connectivity index (χ4v) is 3.84. The van der Waals surface area contributed by atoms with Crippen molar-refractivity contribution >= 4 is 11.8 Å². The first-order valence-electron chi connectivity index (χ1n) is 8.88. The molecule has 0 spiro atoms. The topological polar surface area (TPSA) is 66.6 Å². The van der Waals surface area contributed by atoms with Crippen LogP contribution in [0, 0.1) is 11.8 Å². The van der Waals surface area contributed by atoms with E-state index in [1.165, 1.54) is 0 Å². The van der Waals surface area contributed by atoms with Crippen LogP contribution in [0.3, 0.4) is 0 Å². The van der Waals surface area contributed by atoms with Crippen LogP contribution in [0.2, 0.25) is 0 Å². The molecule has 0 aromatic heterocycles. The molecule has 1 aliphatic heterocycles. The van der Waals surface area contributed by atoms with Gasteiger partial charge in [-0.1, -0.05) is 6.42 Å². The minimum Gasteiger partial charge on any atom is -0.343 e. The van der Waals surface area contributed by atoms with Crippen molar-refractivity contribution in [2.45, 2.75) is 58.4 Å². The van der Waals surface area contributed by atoms with E-state index in [9.17, 15) is 9.59 Å². The van der Waals surface area contributed by atoms with E-state index in [2.05, 4.69) is 0 Å². The lowest BCUT2D eigenvalue weighted by molar-refractivity contribution is -0.140. The van der Waals surface area contributed by atoms with E-state index in [1.807, 2.05) is 23.6 Å². The maximum atomic E-state index is 12.4. The Labute approximate surface area is 134 Å². The van der Waals surface area contributed by atoms with Crippen molar-refractivity contribution in [3.63, 3.8) is 0 Å². The first-order chi connectivity index (χ1) is 10.6. The number of nitrogens with zero attached hydrogens (tertiary/aromatic N) is 2. The number of rotatable bonds is 5. The molecule has 5 heteroatoms. The average Bonchev–Trinajstić information content (AvgIpc) is 2.93. The van der Waals surface area contributed by atoms with Gasteiger partial charge in [0, 0.05) is 44.6 Å². The number of hydrogen-bond donors (Lipinski definition) is 1. The monoisotopic (exact) mass is 309 g/mol. The maximum absolute atomic E-state index is 12.4. The van der Waals surface area contributed by atoms with Gasteiger partial charge in [0.1, 0.15) is 0 Å². The van der Waals surface area contributed by atoms with Gasteiger partial charge in [0.25, 0.3) is 0 Å². The van der Waals surface area contributed by atoms with Gasteiger partial charge in [-0.3, -0.25) is 9.59 Å². The van der Waals surface area contributed by atoms with Crippen LogP contribution in [0.25, 0.3) is 0 Å². The third-order valence-corrected chi connectivity index (χ3v) is 5.43. The summed E-state index contributed by atoms with van der Waals surface area (Å²) in [6.07, 6.45) is 5.49. The third kappa shape index (κ3) is 4.00. The van der Waals surface area contributed by atoms with Gasteiger partial charge < -0.3 is 15.5 Å². The Kier molecular flexibility index (Phi) is 6.24. The largest absolute Gasteiger partial charge is 0.343 e. The van der Waals surface area contributed by atoms with Crippen molar-refractivity contribution in [1.29, 1.82) is 0 Å². The molecule has 2 aliphatic rings. The molecule has 5 nitrogen and oxygen atoms in total. The predicted octanol–water partition coefficient (Wildman–Crippen LogP) is 1.61. The van der Waals surface area contributed by atoms with Crippen molar-refractivity contribution in [3.8, 4) is 0 Å². The van der Waals surface area contributed by atoms with Crippen LogP contribution in [-0.2, 0) is 9.59 Å². The average molecular weight is 309 g/mol. The molecule has 2 atom stereocenters. The summed E-state index contributed by atoms with van der Waals surface area (Å²) in [4.78, 5) is 28.6. The van der Waals surface area contributed by atoms with Gasteiger partial charge in [-0.05, 0) is 45.4 Å². The van der Waals surface area contributed by atoms with Gasteiger partial charge in [0.2, 0.25) is 11.8 Å². The summed E-state index contributed by atoms with van der Waals surface area (Å²) in [6.45, 7) is 7.02. The van der Waals surface area contributed by atoms with Crippen LogP contribution in [0.5, 0.6) is 0 Å². The molecular formula is C17H31N3O2. The molecule has 2 fully saturated rings. The Hall–Kier alpha value is -1.10. The molecule has 0 unspecified atom stereocenters. The van der Waals surface area contributed by atoms with Crippen molar-refractivity contribution in [3.05, 3.63) is 0 Å². The molecular weight excluding hydrogens is 278 g/mol. The zero-order valence-electron chi connectivity index (χ0n) is 14.1. The van der Waals surface area contributed by atoms with E-state index >= 15 is 0 Å². The highest BCUT2D eigenvalue weighted by Gasteiger charge is 2.32. The van der Waals surface area contributed by atoms with E-state index in [0.717, 1.165) is 58.3 Å². The molecule has 1 saturated carbocycles. The van der Waals surface area contributed by atoms with Gasteiger partial charge in [-0.15, -0.1) is 0 Å². The van der Waals surface area contributed by atoms with Gasteiger partial charge in [-0.2, -0.15) is 0 Å². The molecule has 1 heterocycles. The van der Waals surface area contributed by atoms with Crippen LogP contribution >= 0.6 is 0 Å². The number of piperidine rings is 1. The lowest BCUT2D eigenvalue weighted by Crippen LogP contribution is -2.45. The second-order valence-electron chi connectivity index (χ2n) is 6.72. The molecule has 1 saturated heterocycles. The smallest absolute Gasteiger partial charge is 0.225 e. The maximum Gasteiger partial charge on any atom is 0.225 e. The lowest BCUT2D eigenvalue weighted by atomic mass is 9.93. The SMILES string of the molecule is CCN(CC)C(=O)C1CCN(C(=O)C[C@@H]2CCC[C@H]2N)CC1. The molecule has 0 aromatic carbocycles. The summed E-state index contributed by atoms with van der Waals surface area (Å²) in [6, 6.07) is 0.200. The van der Waals surface area contributed by atoms with Crippen LogP contribution in [0.15, 0.2) is 0 Å². The molecule has 2 rings (SSSR count). The number of hydrogen-bond acceptors (Lipinski definition) is 3. The Balaban J connectivity index is 1.79. The van der Waals surface area contributed by atoms with Crippen molar-refractivity contribution in [2.75, 3.05) is 26.2 Å². The summed E-state index contributed by atoms with van der Waals surface area (Å²) >= 11 is 0. The summed E-state index contributed by atoms with van der Waals surface area (Å²) in [7, 11) is 0. The van der Waals surface area contributed by atoms with Crippen molar-refractivity contribution in [1.82, 2.24) is 9.80 Å². The minimum atomic E-state index is 0.0951. The summed E-state index contributed by atoms with van der Waals surface area (Å²) < 4.78 is 0. The number of nitrogens with two attached hydrogens (primary N) is 1. The van der Waals surface area contributed by atoms with Crippen molar-refractivity contribution in [2.24, 2.45) is 17.6 Å². The molecule has 0 bridgehead atoms. The number of amides is 2. The van der Waals surface area contributed by atoms with E-state index in [-0.39, 0.29) is 23.8 Å². The molecule has 2 amide bonds. The highest BCUT2D eigenvalue weighted by molar-refractivity contribution is 5.80. The molecule has 1 aliphatic carbocycles. The highest BCUT2D eigenvalue weighted by atomic mass is 16.2. The first kappa shape index (κ1) is 17.3. The van der Waals surface area contributed by atoms with E-state index in [1.54, 1.807) is 0 Å². The molecule has 0 radical (unpaired) electrons. The van der Waals surface area contributed by atoms with Crippen LogP contribution < -0.4 is 5.73 Å². The van der Waals surface area contributed by atoms with Gasteiger partial charge in [0.15, 0.2) is 0 Å². The lowest BCUT2D eigenvalue weighted by Gasteiger charge is -2.34. The van der Waals surface area contributed by atoms with Crippen LogP contribution in [0.1, 0.15) is 52.4 Å². The standard InChI is InChI=1S/C17H31N3O2/c1-3-19(4-2)17(22)13-8-10-20(11-9-13)16(21)12-14-6-5-7-15(14)18/h13-15H,3-12,18H2,1-2H3/t14-,15+/m0/s1. The fraction of sp³-hybridized carbons (Fsp3) is 0.882. The van der Waals surface area contributed by atoms with E-state index < -0.39 is 0 Å². The quantitative estimate of drug-likeness (QED) is 0.839. The van der Waals surface area contributed by atoms with Gasteiger partial charge >= 0.3 is 0 Å². The third-order valence-electron chi connectivity index (χ3n) is 5.43. The van der Waals surface area contributed by atoms with E-state index in [0.29, 0.717) is 12.3 Å². The second kappa shape index (κ2) is 7.95. The van der Waals surface area contributed by atoms with Gasteiger partial charge in [0.05, 0.1) is 0 Å². The number of carbonyl (C=O) groups is 2. The molecule has 0 aromatic rings. The first-order valence-corrected chi connectivity index (χ1v) is 8.88. The molecule has 126 valence electrons. The number of carbonyl (C=O) groups excluding carboxylic acids is 2. The van der Waals surface area contributed by atoms with E-state index in [4.69, 9.17) is 5.73 Å². The van der Waals surface area contributed by atoms with Gasteiger partial charge in [-0.25, -0.2) is 0 Å². The van der Waals surface area contributed by atoms with Crippen LogP contribution in [-0.4, -0.2) is 53.8 Å². The highest BCUT2D eigenvalue weighted by Crippen LogP contribution is 2.28.